The van der Waals surface area contributed by atoms with Crippen molar-refractivity contribution < 1.29 is 0 Å². The molecule has 0 atom stereocenters. The van der Waals surface area contributed by atoms with Crippen LogP contribution in [0.15, 0.2) is 18.3 Å². The molecular formula is C11H6Cl2N2. The Morgan fingerprint density at radius 1 is 1.33 bits per heavy atom. The van der Waals surface area contributed by atoms with Crippen LogP contribution in [0.5, 0.6) is 0 Å². The summed E-state index contributed by atoms with van der Waals surface area (Å²) in [6.45, 7) is 1.91. The topological polar surface area (TPSA) is 36.7 Å². The zero-order chi connectivity index (χ0) is 11.0. The molecule has 0 fully saturated rings. The highest BCUT2D eigenvalue weighted by molar-refractivity contribution is 6.40. The van der Waals surface area contributed by atoms with Crippen LogP contribution in [0.25, 0.3) is 10.9 Å². The molecule has 0 aliphatic heterocycles. The Hall–Kier alpha value is -1.30. The van der Waals surface area contributed by atoms with Gasteiger partial charge in [0, 0.05) is 11.6 Å². The standard InChI is InChI=1S/C11H6Cl2N2/c1-6-2-3-8(12)11-9(6)10(13)7(4-14)5-15-11/h2-3,5H,1H3. The van der Waals surface area contributed by atoms with Crippen molar-refractivity contribution in [3.05, 3.63) is 39.5 Å². The molecule has 1 aromatic carbocycles. The van der Waals surface area contributed by atoms with E-state index >= 15 is 0 Å². The summed E-state index contributed by atoms with van der Waals surface area (Å²) in [5.74, 6) is 0. The van der Waals surface area contributed by atoms with E-state index in [1.54, 1.807) is 6.07 Å². The highest BCUT2D eigenvalue weighted by Gasteiger charge is 2.10. The van der Waals surface area contributed by atoms with E-state index in [1.807, 2.05) is 19.1 Å². The Morgan fingerprint density at radius 2 is 2.07 bits per heavy atom. The molecule has 74 valence electrons. The van der Waals surface area contributed by atoms with E-state index in [1.165, 1.54) is 6.20 Å². The van der Waals surface area contributed by atoms with Crippen LogP contribution in [0.4, 0.5) is 0 Å². The van der Waals surface area contributed by atoms with Crippen molar-refractivity contribution in [3.63, 3.8) is 0 Å². The second-order valence-electron chi connectivity index (χ2n) is 3.19. The second kappa shape index (κ2) is 3.69. The predicted octanol–water partition coefficient (Wildman–Crippen LogP) is 3.72. The lowest BCUT2D eigenvalue weighted by Crippen LogP contribution is -1.88. The second-order valence-corrected chi connectivity index (χ2v) is 3.97. The highest BCUT2D eigenvalue weighted by Crippen LogP contribution is 2.31. The molecule has 2 aromatic rings. The minimum Gasteiger partial charge on any atom is -0.253 e. The molecular weight excluding hydrogens is 231 g/mol. The van der Waals surface area contributed by atoms with Gasteiger partial charge in [0.25, 0.3) is 0 Å². The molecule has 2 rings (SSSR count). The molecule has 0 unspecified atom stereocenters. The largest absolute Gasteiger partial charge is 0.253 e. The van der Waals surface area contributed by atoms with E-state index in [4.69, 9.17) is 28.5 Å². The number of fused-ring (bicyclic) bond motifs is 1. The summed E-state index contributed by atoms with van der Waals surface area (Å²) in [5, 5.41) is 10.5. The van der Waals surface area contributed by atoms with Crippen LogP contribution < -0.4 is 0 Å². The first-order chi connectivity index (χ1) is 7.15. The summed E-state index contributed by atoms with van der Waals surface area (Å²) >= 11 is 12.1. The normalized spacial score (nSPS) is 10.3. The zero-order valence-electron chi connectivity index (χ0n) is 7.88. The van der Waals surface area contributed by atoms with Gasteiger partial charge in [0.15, 0.2) is 0 Å². The van der Waals surface area contributed by atoms with Gasteiger partial charge < -0.3 is 0 Å². The first-order valence-corrected chi connectivity index (χ1v) is 5.04. The maximum Gasteiger partial charge on any atom is 0.102 e. The van der Waals surface area contributed by atoms with Gasteiger partial charge in [0.2, 0.25) is 0 Å². The van der Waals surface area contributed by atoms with Crippen LogP contribution >= 0.6 is 23.2 Å². The lowest BCUT2D eigenvalue weighted by Gasteiger charge is -2.06. The van der Waals surface area contributed by atoms with E-state index < -0.39 is 0 Å². The van der Waals surface area contributed by atoms with Crippen molar-refractivity contribution in [3.8, 4) is 6.07 Å². The summed E-state index contributed by atoms with van der Waals surface area (Å²) < 4.78 is 0. The van der Waals surface area contributed by atoms with Gasteiger partial charge in [-0.15, -0.1) is 0 Å². The van der Waals surface area contributed by atoms with Gasteiger partial charge in [0.1, 0.15) is 6.07 Å². The molecule has 0 amide bonds. The van der Waals surface area contributed by atoms with E-state index in [9.17, 15) is 0 Å². The molecule has 0 aliphatic rings. The Labute approximate surface area is 97.1 Å². The first-order valence-electron chi connectivity index (χ1n) is 4.28. The molecule has 0 saturated carbocycles. The van der Waals surface area contributed by atoms with Gasteiger partial charge in [-0.1, -0.05) is 29.3 Å². The SMILES string of the molecule is Cc1ccc(Cl)c2ncc(C#N)c(Cl)c12. The number of aromatic nitrogens is 1. The fourth-order valence-corrected chi connectivity index (χ4v) is 2.00. The van der Waals surface area contributed by atoms with E-state index in [0.29, 0.717) is 21.1 Å². The van der Waals surface area contributed by atoms with Crippen molar-refractivity contribution in [1.29, 1.82) is 5.26 Å². The van der Waals surface area contributed by atoms with Crippen molar-refractivity contribution in [2.45, 2.75) is 6.92 Å². The number of nitrogens with zero attached hydrogens (tertiary/aromatic N) is 2. The molecule has 15 heavy (non-hydrogen) atoms. The summed E-state index contributed by atoms with van der Waals surface area (Å²) in [6, 6.07) is 5.63. The third-order valence-corrected chi connectivity index (χ3v) is 2.93. The number of nitriles is 1. The Bertz CT molecular complexity index is 585. The van der Waals surface area contributed by atoms with Gasteiger partial charge in [-0.3, -0.25) is 4.98 Å². The van der Waals surface area contributed by atoms with Gasteiger partial charge in [-0.2, -0.15) is 5.26 Å². The summed E-state index contributed by atoms with van der Waals surface area (Å²) in [6.07, 6.45) is 1.44. The van der Waals surface area contributed by atoms with E-state index in [0.717, 1.165) is 10.9 Å². The van der Waals surface area contributed by atoms with Gasteiger partial charge in [0.05, 0.1) is 21.1 Å². The number of aryl methyl sites for hydroxylation is 1. The van der Waals surface area contributed by atoms with Crippen LogP contribution in [-0.4, -0.2) is 4.98 Å². The molecule has 0 spiro atoms. The summed E-state index contributed by atoms with van der Waals surface area (Å²) in [5.41, 5.74) is 1.97. The quantitative estimate of drug-likeness (QED) is 0.700. The molecule has 0 bridgehead atoms. The lowest BCUT2D eigenvalue weighted by molar-refractivity contribution is 1.36. The van der Waals surface area contributed by atoms with Crippen LogP contribution in [0.3, 0.4) is 0 Å². The third kappa shape index (κ3) is 1.54. The predicted molar refractivity (Wildman–Crippen MR) is 61.2 cm³/mol. The number of pyridine rings is 1. The molecule has 0 aliphatic carbocycles. The maximum absolute atomic E-state index is 8.83. The fourth-order valence-electron chi connectivity index (χ4n) is 1.47. The Balaban J connectivity index is 3.00. The number of halogens is 2. The summed E-state index contributed by atoms with van der Waals surface area (Å²) in [7, 11) is 0. The molecule has 1 aromatic heterocycles. The van der Waals surface area contributed by atoms with Crippen molar-refractivity contribution in [2.24, 2.45) is 0 Å². The zero-order valence-corrected chi connectivity index (χ0v) is 9.39. The fraction of sp³-hybridized carbons (Fsp3) is 0.0909. The third-order valence-electron chi connectivity index (χ3n) is 2.24. The van der Waals surface area contributed by atoms with Crippen molar-refractivity contribution >= 4 is 34.1 Å². The molecule has 0 N–H and O–H groups in total. The van der Waals surface area contributed by atoms with Crippen LogP contribution in [-0.2, 0) is 0 Å². The smallest absolute Gasteiger partial charge is 0.102 e. The molecule has 0 saturated heterocycles. The molecule has 1 heterocycles. The van der Waals surface area contributed by atoms with E-state index in [2.05, 4.69) is 4.98 Å². The summed E-state index contributed by atoms with van der Waals surface area (Å²) in [4.78, 5) is 4.13. The minimum atomic E-state index is 0.370. The minimum absolute atomic E-state index is 0.370. The van der Waals surface area contributed by atoms with Gasteiger partial charge >= 0.3 is 0 Å². The van der Waals surface area contributed by atoms with Crippen molar-refractivity contribution in [2.75, 3.05) is 0 Å². The highest BCUT2D eigenvalue weighted by atomic mass is 35.5. The number of hydrogen-bond donors (Lipinski definition) is 0. The van der Waals surface area contributed by atoms with Crippen LogP contribution in [0.1, 0.15) is 11.1 Å². The van der Waals surface area contributed by atoms with Gasteiger partial charge in [-0.05, 0) is 18.6 Å². The van der Waals surface area contributed by atoms with Crippen LogP contribution in [0, 0.1) is 18.3 Å². The Morgan fingerprint density at radius 3 is 2.73 bits per heavy atom. The average Bonchev–Trinajstić information content (AvgIpc) is 2.23. The monoisotopic (exact) mass is 236 g/mol. The number of rotatable bonds is 0. The Kier molecular flexibility index (Phi) is 2.52. The lowest BCUT2D eigenvalue weighted by atomic mass is 10.1. The average molecular weight is 237 g/mol. The number of hydrogen-bond acceptors (Lipinski definition) is 2. The number of benzene rings is 1. The molecule has 0 radical (unpaired) electrons. The first kappa shape index (κ1) is 10.2. The van der Waals surface area contributed by atoms with Crippen LogP contribution in [0.2, 0.25) is 10.0 Å². The maximum atomic E-state index is 8.83. The molecule has 2 nitrogen and oxygen atoms in total. The molecule has 4 heteroatoms. The van der Waals surface area contributed by atoms with E-state index in [-0.39, 0.29) is 0 Å². The van der Waals surface area contributed by atoms with Crippen molar-refractivity contribution in [1.82, 2.24) is 4.98 Å². The van der Waals surface area contributed by atoms with Gasteiger partial charge in [-0.25, -0.2) is 0 Å².